The Balaban J connectivity index is 3.65. The molecule has 0 aliphatic heterocycles. The highest BCUT2D eigenvalue weighted by Gasteiger charge is 2.10. The van der Waals surface area contributed by atoms with Crippen LogP contribution < -0.4 is 5.23 Å². The Kier molecular flexibility index (Phi) is 4.77. The molecule has 5 nitrogen and oxygen atoms in total. The van der Waals surface area contributed by atoms with Gasteiger partial charge in [-0.3, -0.25) is 4.18 Å². The van der Waals surface area contributed by atoms with E-state index in [2.05, 4.69) is 9.41 Å². The fourth-order valence-corrected chi connectivity index (χ4v) is 1.14. The van der Waals surface area contributed by atoms with E-state index in [9.17, 15) is 8.42 Å². The Labute approximate surface area is 73.4 Å². The van der Waals surface area contributed by atoms with Crippen molar-refractivity contribution in [2.45, 2.75) is 19.8 Å². The molecule has 0 fully saturated rings. The lowest BCUT2D eigenvalue weighted by Crippen LogP contribution is -2.41. The minimum atomic E-state index is -3.38. The number of hydrogen-bond donors (Lipinski definition) is 2. The highest BCUT2D eigenvalue weighted by atomic mass is 32.2. The molecule has 1 atom stereocenters. The molecule has 0 unspecified atom stereocenters. The molecule has 12 heavy (non-hydrogen) atoms. The third-order valence-corrected chi connectivity index (χ3v) is 1.62. The van der Waals surface area contributed by atoms with Crippen LogP contribution in [-0.2, 0) is 14.3 Å². The summed E-state index contributed by atoms with van der Waals surface area (Å²) in [6, 6.07) is -0.195. The van der Waals surface area contributed by atoms with Crippen LogP contribution in [0.5, 0.6) is 0 Å². The Morgan fingerprint density at radius 3 is 2.50 bits per heavy atom. The molecule has 0 bridgehead atoms. The Bertz CT molecular complexity index is 215. The Morgan fingerprint density at radius 2 is 2.17 bits per heavy atom. The van der Waals surface area contributed by atoms with Crippen molar-refractivity contribution < 1.29 is 17.6 Å². The quantitative estimate of drug-likeness (QED) is 0.437. The van der Waals surface area contributed by atoms with Crippen molar-refractivity contribution in [2.24, 2.45) is 0 Å². The molecule has 2 N–H and O–H groups in total. The maximum atomic E-state index is 10.5. The lowest BCUT2D eigenvalue weighted by molar-refractivity contribution is 0.290. The maximum Gasteiger partial charge on any atom is 0.373 e. The largest absolute Gasteiger partial charge is 0.437 e. The van der Waals surface area contributed by atoms with Crippen LogP contribution in [0.3, 0.4) is 0 Å². The smallest absolute Gasteiger partial charge is 0.373 e. The van der Waals surface area contributed by atoms with Gasteiger partial charge in [-0.1, -0.05) is 0 Å². The molecule has 7 heteroatoms. The van der Waals surface area contributed by atoms with E-state index in [-0.39, 0.29) is 12.6 Å². The zero-order valence-electron chi connectivity index (χ0n) is 7.44. The Hall–Kier alpha value is -0.105. The molecule has 0 amide bonds. The number of nitrogens with one attached hydrogen (secondary N) is 1. The van der Waals surface area contributed by atoms with Crippen molar-refractivity contribution in [1.82, 2.24) is 5.23 Å². The zero-order chi connectivity index (χ0) is 9.78. The molecule has 72 valence electrons. The third-order valence-electron chi connectivity index (χ3n) is 1.06. The van der Waals surface area contributed by atoms with Gasteiger partial charge in [0.25, 0.3) is 10.1 Å². The maximum absolute atomic E-state index is 10.5. The van der Waals surface area contributed by atoms with Gasteiger partial charge >= 0.3 is 7.05 Å². The second-order valence-corrected chi connectivity index (χ2v) is 4.38. The van der Waals surface area contributed by atoms with Crippen molar-refractivity contribution in [1.29, 1.82) is 0 Å². The van der Waals surface area contributed by atoms with E-state index in [1.54, 1.807) is 13.7 Å². The first-order chi connectivity index (χ1) is 5.31. The molecule has 0 heterocycles. The van der Waals surface area contributed by atoms with Gasteiger partial charge in [0.05, 0.1) is 12.9 Å². The summed E-state index contributed by atoms with van der Waals surface area (Å²) in [7, 11) is -4.04. The molecule has 0 spiro atoms. The normalized spacial score (nSPS) is 14.3. The highest BCUT2D eigenvalue weighted by Crippen LogP contribution is 1.90. The monoisotopic (exact) mass is 195 g/mol. The summed E-state index contributed by atoms with van der Waals surface area (Å²) in [5.74, 6) is 0. The fourth-order valence-electron chi connectivity index (χ4n) is 0.686. The SMILES string of the molecule is CB(O)N[C@H](C)COS(C)(=O)=O. The molecular weight excluding hydrogens is 181 g/mol. The van der Waals surface area contributed by atoms with Crippen LogP contribution in [0.2, 0.25) is 6.82 Å². The highest BCUT2D eigenvalue weighted by molar-refractivity contribution is 7.85. The first kappa shape index (κ1) is 11.9. The minimum absolute atomic E-state index is 0.0315. The number of rotatable bonds is 5. The topological polar surface area (TPSA) is 75.6 Å². The van der Waals surface area contributed by atoms with Crippen LogP contribution in [0, 0.1) is 0 Å². The predicted octanol–water partition coefficient (Wildman–Crippen LogP) is -0.949. The molecule has 0 rings (SSSR count). The predicted molar refractivity (Wildman–Crippen MR) is 47.2 cm³/mol. The second-order valence-electron chi connectivity index (χ2n) is 2.73. The van der Waals surface area contributed by atoms with Crippen LogP contribution >= 0.6 is 0 Å². The van der Waals surface area contributed by atoms with Crippen LogP contribution in [0.15, 0.2) is 0 Å². The van der Waals surface area contributed by atoms with Gasteiger partial charge in [-0.05, 0) is 13.7 Å². The molecular formula is C5H14BNO4S. The summed E-state index contributed by atoms with van der Waals surface area (Å²) in [4.78, 5) is 0. The van der Waals surface area contributed by atoms with Crippen molar-refractivity contribution in [3.63, 3.8) is 0 Å². The summed E-state index contributed by atoms with van der Waals surface area (Å²) in [6.07, 6.45) is 0.988. The molecule has 0 saturated carbocycles. The summed E-state index contributed by atoms with van der Waals surface area (Å²) < 4.78 is 25.5. The lowest BCUT2D eigenvalue weighted by Gasteiger charge is -2.12. The summed E-state index contributed by atoms with van der Waals surface area (Å²) in [6.45, 7) is 3.30. The lowest BCUT2D eigenvalue weighted by atomic mass is 9.88. The average Bonchev–Trinajstić information content (AvgIpc) is 1.80. The first-order valence-electron chi connectivity index (χ1n) is 3.60. The van der Waals surface area contributed by atoms with Gasteiger partial charge in [0.1, 0.15) is 0 Å². The summed E-state index contributed by atoms with van der Waals surface area (Å²) in [5.41, 5.74) is 0. The first-order valence-corrected chi connectivity index (χ1v) is 5.41. The molecule has 0 aromatic rings. The third kappa shape index (κ3) is 8.00. The van der Waals surface area contributed by atoms with Crippen LogP contribution in [0.1, 0.15) is 6.92 Å². The van der Waals surface area contributed by atoms with Gasteiger partial charge in [0.15, 0.2) is 0 Å². The second kappa shape index (κ2) is 4.81. The Morgan fingerprint density at radius 1 is 1.67 bits per heavy atom. The van der Waals surface area contributed by atoms with Crippen LogP contribution in [-0.4, -0.2) is 39.4 Å². The van der Waals surface area contributed by atoms with Gasteiger partial charge < -0.3 is 10.3 Å². The van der Waals surface area contributed by atoms with E-state index in [0.717, 1.165) is 6.26 Å². The minimum Gasteiger partial charge on any atom is -0.437 e. The van der Waals surface area contributed by atoms with E-state index in [4.69, 9.17) is 5.02 Å². The molecule has 0 saturated heterocycles. The summed E-state index contributed by atoms with van der Waals surface area (Å²) in [5, 5.41) is 11.5. The van der Waals surface area contributed by atoms with E-state index >= 15 is 0 Å². The van der Waals surface area contributed by atoms with Gasteiger partial charge in [0, 0.05) is 6.04 Å². The van der Waals surface area contributed by atoms with Gasteiger partial charge in [-0.2, -0.15) is 8.42 Å². The number of hydrogen-bond acceptors (Lipinski definition) is 5. The van der Waals surface area contributed by atoms with E-state index in [0.29, 0.717) is 0 Å². The molecule has 0 radical (unpaired) electrons. The van der Waals surface area contributed by atoms with E-state index in [1.165, 1.54) is 0 Å². The average molecular weight is 195 g/mol. The van der Waals surface area contributed by atoms with Crippen LogP contribution in [0.25, 0.3) is 0 Å². The molecule has 0 aliphatic rings. The van der Waals surface area contributed by atoms with Crippen molar-refractivity contribution >= 4 is 17.2 Å². The zero-order valence-corrected chi connectivity index (χ0v) is 8.26. The van der Waals surface area contributed by atoms with Crippen LogP contribution in [0.4, 0.5) is 0 Å². The van der Waals surface area contributed by atoms with Gasteiger partial charge in [-0.25, -0.2) is 0 Å². The van der Waals surface area contributed by atoms with Crippen molar-refractivity contribution in [3.8, 4) is 0 Å². The van der Waals surface area contributed by atoms with E-state index < -0.39 is 17.2 Å². The summed E-state index contributed by atoms with van der Waals surface area (Å²) >= 11 is 0. The van der Waals surface area contributed by atoms with Gasteiger partial charge in [-0.15, -0.1) is 0 Å². The standard InChI is InChI=1S/C5H14BNO4S/c1-5(7-6(2)8)4-11-12(3,9)10/h5,7-8H,4H2,1-3H3/t5-/m1/s1. The van der Waals surface area contributed by atoms with Crippen molar-refractivity contribution in [2.75, 3.05) is 12.9 Å². The molecule has 0 aromatic heterocycles. The molecule has 0 aromatic carbocycles. The van der Waals surface area contributed by atoms with Crippen molar-refractivity contribution in [3.05, 3.63) is 0 Å². The van der Waals surface area contributed by atoms with Gasteiger partial charge in [0.2, 0.25) is 0 Å². The fraction of sp³-hybridized carbons (Fsp3) is 1.00. The molecule has 0 aliphatic carbocycles. The van der Waals surface area contributed by atoms with E-state index in [1.807, 2.05) is 0 Å².